The summed E-state index contributed by atoms with van der Waals surface area (Å²) in [6.07, 6.45) is 0. The maximum Gasteiger partial charge on any atom is 0.239 e. The normalized spacial score (nSPS) is 10.7. The van der Waals surface area contributed by atoms with Gasteiger partial charge in [0.15, 0.2) is 17.1 Å². The summed E-state index contributed by atoms with van der Waals surface area (Å²) in [6, 6.07) is 7.41. The molecule has 0 spiro atoms. The molecular weight excluding hydrogens is 352 g/mol. The quantitative estimate of drug-likeness (QED) is 0.733. The van der Waals surface area contributed by atoms with Crippen molar-refractivity contribution in [2.24, 2.45) is 0 Å². The zero-order chi connectivity index (χ0) is 19.7. The minimum atomic E-state index is -0.550. The molecule has 7 nitrogen and oxygen atoms in total. The third-order valence-electron chi connectivity index (χ3n) is 4.27. The summed E-state index contributed by atoms with van der Waals surface area (Å²) in [5.74, 6) is 0.00577. The van der Waals surface area contributed by atoms with E-state index in [-0.39, 0.29) is 39.7 Å². The number of hydrogen-bond acceptors (Lipinski definition) is 7. The van der Waals surface area contributed by atoms with Gasteiger partial charge in [0.05, 0.1) is 28.4 Å². The molecule has 3 aromatic rings. The van der Waals surface area contributed by atoms with Crippen LogP contribution in [0, 0.1) is 6.92 Å². The summed E-state index contributed by atoms with van der Waals surface area (Å²) in [5, 5.41) is 10.5. The van der Waals surface area contributed by atoms with Crippen LogP contribution in [0.4, 0.5) is 0 Å². The maximum absolute atomic E-state index is 13.1. The molecule has 0 saturated heterocycles. The molecule has 2 aromatic carbocycles. The van der Waals surface area contributed by atoms with Crippen molar-refractivity contribution < 1.29 is 28.5 Å². The van der Waals surface area contributed by atoms with Crippen molar-refractivity contribution in [2.45, 2.75) is 6.92 Å². The Labute approximate surface area is 155 Å². The predicted octanol–water partition coefficient (Wildman–Crippen LogP) is 3.51. The average Bonchev–Trinajstić information content (AvgIpc) is 2.67. The van der Waals surface area contributed by atoms with Crippen LogP contribution in [0.1, 0.15) is 5.56 Å². The fraction of sp³-hybridized carbons (Fsp3) is 0.250. The Morgan fingerprint density at radius 3 is 1.89 bits per heavy atom. The minimum Gasteiger partial charge on any atom is -0.504 e. The van der Waals surface area contributed by atoms with Crippen LogP contribution >= 0.6 is 0 Å². The van der Waals surface area contributed by atoms with E-state index in [4.69, 9.17) is 23.4 Å². The van der Waals surface area contributed by atoms with Gasteiger partial charge in [0.1, 0.15) is 5.39 Å². The van der Waals surface area contributed by atoms with E-state index in [1.54, 1.807) is 0 Å². The monoisotopic (exact) mass is 372 g/mol. The number of ether oxygens (including phenoxy) is 4. The van der Waals surface area contributed by atoms with E-state index in [0.29, 0.717) is 5.56 Å². The third kappa shape index (κ3) is 2.81. The molecule has 0 amide bonds. The minimum absolute atomic E-state index is 0.0284. The summed E-state index contributed by atoms with van der Waals surface area (Å²) in [6.45, 7) is 1.95. The Balaban J connectivity index is 2.51. The van der Waals surface area contributed by atoms with Gasteiger partial charge < -0.3 is 28.5 Å². The molecule has 27 heavy (non-hydrogen) atoms. The number of aromatic hydroxyl groups is 1. The van der Waals surface area contributed by atoms with E-state index in [1.807, 2.05) is 31.2 Å². The summed E-state index contributed by atoms with van der Waals surface area (Å²) in [7, 11) is 5.52. The van der Waals surface area contributed by atoms with Gasteiger partial charge in [0.25, 0.3) is 0 Å². The zero-order valence-corrected chi connectivity index (χ0v) is 15.7. The first-order chi connectivity index (χ1) is 13.0. The van der Waals surface area contributed by atoms with Gasteiger partial charge in [0.2, 0.25) is 28.4 Å². The van der Waals surface area contributed by atoms with Crippen molar-refractivity contribution in [1.82, 2.24) is 0 Å². The van der Waals surface area contributed by atoms with Gasteiger partial charge in [-0.05, 0) is 6.92 Å². The van der Waals surface area contributed by atoms with E-state index in [9.17, 15) is 9.90 Å². The van der Waals surface area contributed by atoms with E-state index in [2.05, 4.69) is 0 Å². The molecule has 142 valence electrons. The third-order valence-corrected chi connectivity index (χ3v) is 4.27. The van der Waals surface area contributed by atoms with Crippen molar-refractivity contribution in [3.63, 3.8) is 0 Å². The van der Waals surface area contributed by atoms with Crippen LogP contribution in [0.2, 0.25) is 0 Å². The van der Waals surface area contributed by atoms with E-state index in [1.165, 1.54) is 28.4 Å². The van der Waals surface area contributed by atoms with Crippen molar-refractivity contribution in [1.29, 1.82) is 0 Å². The number of phenols is 1. The lowest BCUT2D eigenvalue weighted by Crippen LogP contribution is -2.09. The molecule has 1 aromatic heterocycles. The highest BCUT2D eigenvalue weighted by Gasteiger charge is 2.29. The molecule has 0 radical (unpaired) electrons. The first-order valence-corrected chi connectivity index (χ1v) is 8.11. The molecule has 3 rings (SSSR count). The van der Waals surface area contributed by atoms with Gasteiger partial charge in [-0.25, -0.2) is 0 Å². The topological polar surface area (TPSA) is 87.4 Å². The Kier molecular flexibility index (Phi) is 4.85. The summed E-state index contributed by atoms with van der Waals surface area (Å²) < 4.78 is 27.2. The molecule has 1 heterocycles. The number of fused-ring (bicyclic) bond motifs is 1. The summed E-state index contributed by atoms with van der Waals surface area (Å²) in [5.41, 5.74) is 1.19. The van der Waals surface area contributed by atoms with Gasteiger partial charge in [0, 0.05) is 5.56 Å². The number of hydrogen-bond donors (Lipinski definition) is 1. The van der Waals surface area contributed by atoms with Gasteiger partial charge in [-0.1, -0.05) is 29.8 Å². The molecule has 0 saturated carbocycles. The highest BCUT2D eigenvalue weighted by Crippen LogP contribution is 2.50. The lowest BCUT2D eigenvalue weighted by Gasteiger charge is -2.17. The SMILES string of the molecule is COc1c(OC)c(O)c2c(=O)c(OC)c(-c3ccc(C)cc3)oc2c1OC. The van der Waals surface area contributed by atoms with Crippen LogP contribution < -0.4 is 24.4 Å². The molecule has 1 N–H and O–H groups in total. The standard InChI is InChI=1S/C20H20O7/c1-10-6-8-11(9-7-10)15-17(23-2)13(21)12-14(22)18(24-3)20(26-5)19(25-4)16(12)27-15/h6-9,22H,1-5H3. The molecule has 0 bridgehead atoms. The number of phenolic OH excluding ortho intramolecular Hbond substituents is 1. The first kappa shape index (κ1) is 18.4. The highest BCUT2D eigenvalue weighted by molar-refractivity contribution is 5.96. The number of aryl methyl sites for hydroxylation is 1. The molecule has 0 aliphatic heterocycles. The Bertz CT molecular complexity index is 1050. The van der Waals surface area contributed by atoms with Crippen LogP contribution in [0.15, 0.2) is 33.5 Å². The number of methoxy groups -OCH3 is 4. The zero-order valence-electron chi connectivity index (χ0n) is 15.7. The van der Waals surface area contributed by atoms with Gasteiger partial charge in [-0.2, -0.15) is 0 Å². The molecule has 0 fully saturated rings. The van der Waals surface area contributed by atoms with Crippen LogP contribution in [-0.2, 0) is 0 Å². The van der Waals surface area contributed by atoms with Gasteiger partial charge in [-0.15, -0.1) is 0 Å². The predicted molar refractivity (Wildman–Crippen MR) is 101 cm³/mol. The number of rotatable bonds is 5. The van der Waals surface area contributed by atoms with Crippen LogP contribution in [0.3, 0.4) is 0 Å². The van der Waals surface area contributed by atoms with E-state index in [0.717, 1.165) is 5.56 Å². The van der Waals surface area contributed by atoms with Gasteiger partial charge >= 0.3 is 0 Å². The maximum atomic E-state index is 13.1. The Hall–Kier alpha value is -3.35. The highest BCUT2D eigenvalue weighted by atomic mass is 16.5. The van der Waals surface area contributed by atoms with E-state index >= 15 is 0 Å². The molecule has 0 atom stereocenters. The van der Waals surface area contributed by atoms with Crippen molar-refractivity contribution >= 4 is 11.0 Å². The largest absolute Gasteiger partial charge is 0.504 e. The average molecular weight is 372 g/mol. The first-order valence-electron chi connectivity index (χ1n) is 8.11. The lowest BCUT2D eigenvalue weighted by molar-refractivity contribution is 0.310. The fourth-order valence-electron chi connectivity index (χ4n) is 2.96. The van der Waals surface area contributed by atoms with Gasteiger partial charge in [-0.3, -0.25) is 4.79 Å². The summed E-state index contributed by atoms with van der Waals surface area (Å²) in [4.78, 5) is 13.1. The second kappa shape index (κ2) is 7.11. The molecule has 0 aliphatic carbocycles. The Morgan fingerprint density at radius 1 is 0.815 bits per heavy atom. The van der Waals surface area contributed by atoms with Crippen molar-refractivity contribution in [2.75, 3.05) is 28.4 Å². The fourth-order valence-corrected chi connectivity index (χ4v) is 2.96. The second-order valence-electron chi connectivity index (χ2n) is 5.81. The second-order valence-corrected chi connectivity index (χ2v) is 5.81. The summed E-state index contributed by atoms with van der Waals surface area (Å²) >= 11 is 0. The van der Waals surface area contributed by atoms with Crippen LogP contribution in [0.25, 0.3) is 22.3 Å². The number of benzene rings is 2. The lowest BCUT2D eigenvalue weighted by atomic mass is 10.1. The Morgan fingerprint density at radius 2 is 1.37 bits per heavy atom. The van der Waals surface area contributed by atoms with Crippen molar-refractivity contribution in [3.05, 3.63) is 40.1 Å². The van der Waals surface area contributed by atoms with Crippen LogP contribution in [-0.4, -0.2) is 33.5 Å². The van der Waals surface area contributed by atoms with Crippen molar-refractivity contribution in [3.8, 4) is 40.1 Å². The smallest absolute Gasteiger partial charge is 0.239 e. The molecule has 0 unspecified atom stereocenters. The molecule has 0 aliphatic rings. The van der Waals surface area contributed by atoms with E-state index < -0.39 is 11.2 Å². The molecular formula is C20H20O7. The molecule has 7 heteroatoms. The van der Waals surface area contributed by atoms with Crippen LogP contribution in [0.5, 0.6) is 28.7 Å².